The quantitative estimate of drug-likeness (QED) is 0.588. The van der Waals surface area contributed by atoms with Crippen molar-refractivity contribution in [2.45, 2.75) is 25.2 Å². The van der Waals surface area contributed by atoms with E-state index in [1.807, 2.05) is 47.2 Å². The molecule has 25 heavy (non-hydrogen) atoms. The largest absolute Gasteiger partial charge is 0.369 e. The molecule has 0 bridgehead atoms. The minimum Gasteiger partial charge on any atom is -0.369 e. The molecule has 7 nitrogen and oxygen atoms in total. The second kappa shape index (κ2) is 8.13. The number of carbonyl (C=O) groups excluding carboxylic acids is 1. The van der Waals surface area contributed by atoms with Crippen molar-refractivity contribution >= 4 is 34.1 Å². The fourth-order valence-electron chi connectivity index (χ4n) is 2.26. The summed E-state index contributed by atoms with van der Waals surface area (Å²) in [5.41, 5.74) is 7.23. The van der Waals surface area contributed by atoms with E-state index in [4.69, 9.17) is 5.73 Å². The Balaban J connectivity index is 1.66. The molecule has 3 rings (SSSR count). The number of rotatable bonds is 8. The summed E-state index contributed by atoms with van der Waals surface area (Å²) in [6, 6.07) is 10.1. The molecule has 0 aliphatic rings. The maximum Gasteiger partial charge on any atom is 0.227 e. The number of nitrogens with two attached hydrogens (primary N) is 1. The first-order chi connectivity index (χ1) is 12.2. The molecule has 2 aromatic heterocycles. The van der Waals surface area contributed by atoms with Gasteiger partial charge in [-0.15, -0.1) is 21.5 Å². The summed E-state index contributed by atoms with van der Waals surface area (Å²) < 4.78 is 1.96. The average Bonchev–Trinajstić information content (AvgIpc) is 3.25. The van der Waals surface area contributed by atoms with E-state index in [9.17, 15) is 4.79 Å². The number of amides is 1. The second-order valence-electron chi connectivity index (χ2n) is 5.16. The van der Waals surface area contributed by atoms with Crippen LogP contribution in [-0.2, 0) is 17.9 Å². The number of benzene rings is 1. The predicted molar refractivity (Wildman–Crippen MR) is 100 cm³/mol. The summed E-state index contributed by atoms with van der Waals surface area (Å²) in [6.07, 6.45) is 0. The third-order valence-corrected chi connectivity index (χ3v) is 5.21. The van der Waals surface area contributed by atoms with Crippen LogP contribution in [0.25, 0.3) is 11.3 Å². The predicted octanol–water partition coefficient (Wildman–Crippen LogP) is 2.61. The van der Waals surface area contributed by atoms with Crippen molar-refractivity contribution < 1.29 is 4.79 Å². The lowest BCUT2D eigenvalue weighted by Gasteiger charge is -2.07. The third kappa shape index (κ3) is 4.37. The van der Waals surface area contributed by atoms with E-state index in [2.05, 4.69) is 20.5 Å². The maximum atomic E-state index is 10.9. The minimum atomic E-state index is -0.369. The highest BCUT2D eigenvalue weighted by atomic mass is 32.2. The number of hydrogen-bond donors (Lipinski definition) is 2. The van der Waals surface area contributed by atoms with E-state index in [-0.39, 0.29) is 11.7 Å². The highest BCUT2D eigenvalue weighted by Crippen LogP contribution is 2.25. The van der Waals surface area contributed by atoms with Gasteiger partial charge in [-0.25, -0.2) is 4.98 Å². The van der Waals surface area contributed by atoms with Crippen LogP contribution in [-0.4, -0.2) is 31.4 Å². The van der Waals surface area contributed by atoms with Crippen LogP contribution in [0, 0.1) is 0 Å². The normalized spacial score (nSPS) is 10.8. The topological polar surface area (TPSA) is 98.7 Å². The van der Waals surface area contributed by atoms with E-state index >= 15 is 0 Å². The Labute approximate surface area is 153 Å². The molecular formula is C16H18N6OS2. The van der Waals surface area contributed by atoms with E-state index in [1.165, 1.54) is 11.8 Å². The third-order valence-electron chi connectivity index (χ3n) is 3.42. The molecule has 3 aromatic rings. The molecule has 0 saturated carbocycles. The van der Waals surface area contributed by atoms with Crippen LogP contribution in [0.15, 0.2) is 40.9 Å². The summed E-state index contributed by atoms with van der Waals surface area (Å²) in [5, 5.41) is 15.2. The standard InChI is InChI=1S/C16H18N6OS2/c1-2-22-14(20-21-16(22)25-10-13(17)23)8-18-15-19-12(9-24-15)11-6-4-3-5-7-11/h3-7,9H,2,8,10H2,1H3,(H2,17,23)(H,18,19). The molecule has 0 radical (unpaired) electrons. The summed E-state index contributed by atoms with van der Waals surface area (Å²) >= 11 is 2.85. The molecule has 2 heterocycles. The zero-order valence-corrected chi connectivity index (χ0v) is 15.3. The number of nitrogens with zero attached hydrogens (tertiary/aromatic N) is 4. The van der Waals surface area contributed by atoms with Crippen LogP contribution in [0.2, 0.25) is 0 Å². The van der Waals surface area contributed by atoms with Crippen molar-refractivity contribution in [3.63, 3.8) is 0 Å². The first-order valence-corrected chi connectivity index (χ1v) is 9.62. The zero-order chi connectivity index (χ0) is 17.6. The van der Waals surface area contributed by atoms with Crippen LogP contribution in [0.1, 0.15) is 12.7 Å². The molecule has 3 N–H and O–H groups in total. The first-order valence-electron chi connectivity index (χ1n) is 7.75. The number of anilines is 1. The Hall–Kier alpha value is -2.39. The fraction of sp³-hybridized carbons (Fsp3) is 0.250. The van der Waals surface area contributed by atoms with Gasteiger partial charge in [-0.2, -0.15) is 0 Å². The van der Waals surface area contributed by atoms with Crippen molar-refractivity contribution in [2.24, 2.45) is 5.73 Å². The molecule has 130 valence electrons. The van der Waals surface area contributed by atoms with Gasteiger partial charge in [0, 0.05) is 17.5 Å². The van der Waals surface area contributed by atoms with E-state index in [0.717, 1.165) is 28.8 Å². The lowest BCUT2D eigenvalue weighted by molar-refractivity contribution is -0.115. The second-order valence-corrected chi connectivity index (χ2v) is 6.96. The van der Waals surface area contributed by atoms with Gasteiger partial charge < -0.3 is 15.6 Å². The van der Waals surface area contributed by atoms with Crippen LogP contribution in [0.5, 0.6) is 0 Å². The van der Waals surface area contributed by atoms with Crippen molar-refractivity contribution in [3.05, 3.63) is 41.5 Å². The summed E-state index contributed by atoms with van der Waals surface area (Å²) in [4.78, 5) is 15.5. The molecule has 0 unspecified atom stereocenters. The molecule has 0 spiro atoms. The van der Waals surface area contributed by atoms with Crippen molar-refractivity contribution in [1.82, 2.24) is 19.7 Å². The van der Waals surface area contributed by atoms with Crippen LogP contribution in [0.4, 0.5) is 5.13 Å². The Kier molecular flexibility index (Phi) is 5.67. The summed E-state index contributed by atoms with van der Waals surface area (Å²) in [6.45, 7) is 3.25. The SMILES string of the molecule is CCn1c(CNc2nc(-c3ccccc3)cs2)nnc1SCC(N)=O. The van der Waals surface area contributed by atoms with Crippen molar-refractivity contribution in [2.75, 3.05) is 11.1 Å². The van der Waals surface area contributed by atoms with E-state index < -0.39 is 0 Å². The maximum absolute atomic E-state index is 10.9. The number of thioether (sulfide) groups is 1. The van der Waals surface area contributed by atoms with Crippen LogP contribution in [0.3, 0.4) is 0 Å². The molecule has 0 atom stereocenters. The number of aromatic nitrogens is 4. The molecule has 1 amide bonds. The first kappa shape index (κ1) is 17.4. The molecule has 1 aromatic carbocycles. The van der Waals surface area contributed by atoms with Gasteiger partial charge in [0.2, 0.25) is 5.91 Å². The van der Waals surface area contributed by atoms with Crippen molar-refractivity contribution in [1.29, 1.82) is 0 Å². The molecule has 0 saturated heterocycles. The van der Waals surface area contributed by atoms with Gasteiger partial charge in [-0.05, 0) is 6.92 Å². The van der Waals surface area contributed by atoms with Gasteiger partial charge >= 0.3 is 0 Å². The van der Waals surface area contributed by atoms with Gasteiger partial charge in [-0.1, -0.05) is 42.1 Å². The number of carbonyl (C=O) groups is 1. The van der Waals surface area contributed by atoms with Crippen molar-refractivity contribution in [3.8, 4) is 11.3 Å². The van der Waals surface area contributed by atoms with E-state index in [0.29, 0.717) is 11.7 Å². The monoisotopic (exact) mass is 374 g/mol. The summed E-state index contributed by atoms with van der Waals surface area (Å²) in [7, 11) is 0. The lowest BCUT2D eigenvalue weighted by Crippen LogP contribution is -2.14. The Morgan fingerprint density at radius 1 is 1.32 bits per heavy atom. The number of primary amides is 1. The number of nitrogens with one attached hydrogen (secondary N) is 1. The number of thiazole rings is 1. The zero-order valence-electron chi connectivity index (χ0n) is 13.7. The molecule has 9 heteroatoms. The van der Waals surface area contributed by atoms with Crippen LogP contribution >= 0.6 is 23.1 Å². The smallest absolute Gasteiger partial charge is 0.227 e. The summed E-state index contributed by atoms with van der Waals surface area (Å²) in [5.74, 6) is 0.621. The van der Waals surface area contributed by atoms with Gasteiger partial charge in [0.05, 0.1) is 18.0 Å². The minimum absolute atomic E-state index is 0.193. The van der Waals surface area contributed by atoms with E-state index in [1.54, 1.807) is 11.3 Å². The molecule has 0 aliphatic heterocycles. The molecule has 0 aliphatic carbocycles. The van der Waals surface area contributed by atoms with Gasteiger partial charge in [0.1, 0.15) is 0 Å². The fourth-order valence-corrected chi connectivity index (χ4v) is 3.74. The highest BCUT2D eigenvalue weighted by molar-refractivity contribution is 7.99. The molecule has 0 fully saturated rings. The Morgan fingerprint density at radius 3 is 2.84 bits per heavy atom. The van der Waals surface area contributed by atoms with Crippen LogP contribution < -0.4 is 11.1 Å². The Morgan fingerprint density at radius 2 is 2.12 bits per heavy atom. The average molecular weight is 374 g/mol. The Bertz CT molecular complexity index is 845. The van der Waals surface area contributed by atoms with Gasteiger partial charge in [0.15, 0.2) is 16.1 Å². The number of hydrogen-bond acceptors (Lipinski definition) is 7. The highest BCUT2D eigenvalue weighted by Gasteiger charge is 2.13. The molecular weight excluding hydrogens is 356 g/mol. The lowest BCUT2D eigenvalue weighted by atomic mass is 10.2. The van der Waals surface area contributed by atoms with Gasteiger partial charge in [-0.3, -0.25) is 4.79 Å². The van der Waals surface area contributed by atoms with Gasteiger partial charge in [0.25, 0.3) is 0 Å².